The highest BCUT2D eigenvalue weighted by atomic mass is 35.5. The van der Waals surface area contributed by atoms with Gasteiger partial charge in [0.1, 0.15) is 11.5 Å². The first kappa shape index (κ1) is 11.2. The molecule has 0 radical (unpaired) electrons. The second-order valence-electron chi connectivity index (χ2n) is 2.97. The molecule has 4 nitrogen and oxygen atoms in total. The molecule has 84 valence electrons. The molecular weight excluding hydrogens is 248 g/mol. The molecule has 1 aromatic carbocycles. The summed E-state index contributed by atoms with van der Waals surface area (Å²) in [6.45, 7) is 0. The normalized spacial score (nSPS) is 10.2. The summed E-state index contributed by atoms with van der Waals surface area (Å²) in [5, 5.41) is 0. The zero-order valence-electron chi connectivity index (χ0n) is 8.73. The fourth-order valence-electron chi connectivity index (χ4n) is 1.26. The van der Waals surface area contributed by atoms with Gasteiger partial charge in [-0.05, 0) is 35.3 Å². The van der Waals surface area contributed by atoms with Crippen LogP contribution in [0.4, 0.5) is 0 Å². The van der Waals surface area contributed by atoms with Crippen molar-refractivity contribution in [2.45, 2.75) is 0 Å². The number of halogens is 1. The fourth-order valence-corrected chi connectivity index (χ4v) is 1.88. The third-order valence-electron chi connectivity index (χ3n) is 2.01. The van der Waals surface area contributed by atoms with E-state index in [1.54, 1.807) is 20.3 Å². The number of rotatable bonds is 3. The van der Waals surface area contributed by atoms with Crippen LogP contribution in [0.5, 0.6) is 11.5 Å². The fraction of sp³-hybridized carbons (Fsp3) is 0.200. The van der Waals surface area contributed by atoms with Crippen LogP contribution in [0.3, 0.4) is 0 Å². The lowest BCUT2D eigenvalue weighted by Gasteiger charge is -2.05. The summed E-state index contributed by atoms with van der Waals surface area (Å²) in [6, 6.07) is 5.46. The molecule has 0 aliphatic heterocycles. The van der Waals surface area contributed by atoms with E-state index < -0.39 is 0 Å². The van der Waals surface area contributed by atoms with E-state index >= 15 is 0 Å². The molecule has 0 aliphatic carbocycles. The lowest BCUT2D eigenvalue weighted by atomic mass is 10.2. The smallest absolute Gasteiger partial charge is 0.203 e. The van der Waals surface area contributed by atoms with E-state index in [1.165, 1.54) is 0 Å². The molecule has 2 rings (SSSR count). The van der Waals surface area contributed by atoms with Crippen LogP contribution in [0.15, 0.2) is 18.2 Å². The van der Waals surface area contributed by atoms with Gasteiger partial charge in [-0.25, -0.2) is 4.98 Å². The van der Waals surface area contributed by atoms with Gasteiger partial charge in [0.05, 0.1) is 14.2 Å². The quantitative estimate of drug-likeness (QED) is 0.847. The van der Waals surface area contributed by atoms with Crippen LogP contribution in [-0.4, -0.2) is 23.6 Å². The van der Waals surface area contributed by atoms with Gasteiger partial charge in [0.25, 0.3) is 0 Å². The second kappa shape index (κ2) is 4.67. The van der Waals surface area contributed by atoms with E-state index in [0.717, 1.165) is 17.1 Å². The van der Waals surface area contributed by atoms with E-state index in [1.807, 2.05) is 12.1 Å². The average Bonchev–Trinajstić information content (AvgIpc) is 2.75. The molecule has 0 aliphatic rings. The molecular formula is C10H9ClN2O2S. The summed E-state index contributed by atoms with van der Waals surface area (Å²) >= 11 is 6.89. The molecule has 0 amide bonds. The van der Waals surface area contributed by atoms with Crippen molar-refractivity contribution in [1.82, 2.24) is 9.36 Å². The highest BCUT2D eigenvalue weighted by molar-refractivity contribution is 7.10. The van der Waals surface area contributed by atoms with Crippen molar-refractivity contribution in [2.75, 3.05) is 14.2 Å². The molecule has 0 fully saturated rings. The van der Waals surface area contributed by atoms with Crippen LogP contribution in [-0.2, 0) is 0 Å². The summed E-state index contributed by atoms with van der Waals surface area (Å²) in [7, 11) is 3.19. The SMILES string of the molecule is COc1cc(OC)cc(-c2nsc(Cl)n2)c1. The van der Waals surface area contributed by atoms with Crippen molar-refractivity contribution in [1.29, 1.82) is 0 Å². The van der Waals surface area contributed by atoms with Crippen molar-refractivity contribution >= 4 is 23.1 Å². The third kappa shape index (κ3) is 2.25. The predicted octanol–water partition coefficient (Wildman–Crippen LogP) is 2.88. The van der Waals surface area contributed by atoms with Gasteiger partial charge in [0.15, 0.2) is 5.82 Å². The molecule has 0 atom stereocenters. The molecule has 0 spiro atoms. The monoisotopic (exact) mass is 256 g/mol. The Hall–Kier alpha value is -1.33. The first-order valence-corrected chi connectivity index (χ1v) is 5.60. The number of hydrogen-bond donors (Lipinski definition) is 0. The maximum atomic E-state index is 5.74. The standard InChI is InChI=1S/C10H9ClN2O2S/c1-14-7-3-6(4-8(5-7)15-2)9-12-10(11)16-13-9/h3-5H,1-2H3. The van der Waals surface area contributed by atoms with Crippen molar-refractivity contribution < 1.29 is 9.47 Å². The van der Waals surface area contributed by atoms with Crippen LogP contribution >= 0.6 is 23.1 Å². The molecule has 0 saturated heterocycles. The average molecular weight is 257 g/mol. The molecule has 1 aromatic heterocycles. The minimum atomic E-state index is 0.414. The number of methoxy groups -OCH3 is 2. The first-order valence-electron chi connectivity index (χ1n) is 4.45. The van der Waals surface area contributed by atoms with E-state index in [-0.39, 0.29) is 0 Å². The largest absolute Gasteiger partial charge is 0.497 e. The van der Waals surface area contributed by atoms with Crippen molar-refractivity contribution in [3.63, 3.8) is 0 Å². The van der Waals surface area contributed by atoms with Crippen molar-refractivity contribution in [2.24, 2.45) is 0 Å². The number of hydrogen-bond acceptors (Lipinski definition) is 5. The lowest BCUT2D eigenvalue weighted by molar-refractivity contribution is 0.394. The van der Waals surface area contributed by atoms with Gasteiger partial charge in [-0.15, -0.1) is 0 Å². The van der Waals surface area contributed by atoms with Crippen molar-refractivity contribution in [3.05, 3.63) is 22.7 Å². The zero-order chi connectivity index (χ0) is 11.5. The highest BCUT2D eigenvalue weighted by Crippen LogP contribution is 2.29. The van der Waals surface area contributed by atoms with Gasteiger partial charge in [0, 0.05) is 11.6 Å². The number of nitrogens with zero attached hydrogens (tertiary/aromatic N) is 2. The molecule has 6 heteroatoms. The Kier molecular flexibility index (Phi) is 3.26. The Balaban J connectivity index is 2.47. The topological polar surface area (TPSA) is 44.2 Å². The minimum Gasteiger partial charge on any atom is -0.497 e. The molecule has 16 heavy (non-hydrogen) atoms. The molecule has 2 aromatic rings. The maximum absolute atomic E-state index is 5.74. The van der Waals surface area contributed by atoms with Crippen LogP contribution in [0.2, 0.25) is 4.47 Å². The summed E-state index contributed by atoms with van der Waals surface area (Å²) in [4.78, 5) is 4.09. The van der Waals surface area contributed by atoms with Crippen LogP contribution in [0.1, 0.15) is 0 Å². The predicted molar refractivity (Wildman–Crippen MR) is 63.5 cm³/mol. The van der Waals surface area contributed by atoms with Gasteiger partial charge < -0.3 is 9.47 Å². The van der Waals surface area contributed by atoms with Crippen LogP contribution < -0.4 is 9.47 Å². The van der Waals surface area contributed by atoms with E-state index in [2.05, 4.69) is 9.36 Å². The van der Waals surface area contributed by atoms with Crippen molar-refractivity contribution in [3.8, 4) is 22.9 Å². The number of benzene rings is 1. The highest BCUT2D eigenvalue weighted by Gasteiger charge is 2.08. The van der Waals surface area contributed by atoms with E-state index in [0.29, 0.717) is 21.8 Å². The van der Waals surface area contributed by atoms with Crippen LogP contribution in [0, 0.1) is 0 Å². The Labute approximate surface area is 102 Å². The Bertz CT molecular complexity index is 479. The van der Waals surface area contributed by atoms with Gasteiger partial charge in [-0.3, -0.25) is 0 Å². The molecule has 0 bridgehead atoms. The second-order valence-corrected chi connectivity index (χ2v) is 4.31. The molecule has 1 heterocycles. The lowest BCUT2D eigenvalue weighted by Crippen LogP contribution is -1.89. The number of ether oxygens (including phenoxy) is 2. The van der Waals surface area contributed by atoms with Gasteiger partial charge >= 0.3 is 0 Å². The summed E-state index contributed by atoms with van der Waals surface area (Å²) in [5.41, 5.74) is 0.819. The zero-order valence-corrected chi connectivity index (χ0v) is 10.3. The summed E-state index contributed by atoms with van der Waals surface area (Å²) < 4.78 is 14.9. The Morgan fingerprint density at radius 2 is 1.75 bits per heavy atom. The van der Waals surface area contributed by atoms with Crippen LogP contribution in [0.25, 0.3) is 11.4 Å². The first-order chi connectivity index (χ1) is 7.72. The Morgan fingerprint density at radius 3 is 2.19 bits per heavy atom. The third-order valence-corrected chi connectivity index (χ3v) is 2.81. The Morgan fingerprint density at radius 1 is 1.12 bits per heavy atom. The molecule has 0 saturated carbocycles. The summed E-state index contributed by atoms with van der Waals surface area (Å²) in [5.74, 6) is 1.97. The molecule has 0 unspecified atom stereocenters. The summed E-state index contributed by atoms with van der Waals surface area (Å²) in [6.07, 6.45) is 0. The number of aromatic nitrogens is 2. The van der Waals surface area contributed by atoms with E-state index in [9.17, 15) is 0 Å². The van der Waals surface area contributed by atoms with Gasteiger partial charge in [0.2, 0.25) is 4.47 Å². The van der Waals surface area contributed by atoms with Gasteiger partial charge in [-0.1, -0.05) is 0 Å². The maximum Gasteiger partial charge on any atom is 0.203 e. The minimum absolute atomic E-state index is 0.414. The van der Waals surface area contributed by atoms with E-state index in [4.69, 9.17) is 21.1 Å². The molecule has 0 N–H and O–H groups in total. The van der Waals surface area contributed by atoms with Gasteiger partial charge in [-0.2, -0.15) is 4.37 Å².